The van der Waals surface area contributed by atoms with Gasteiger partial charge in [-0.25, -0.2) is 4.79 Å². The number of ether oxygens (including phenoxy) is 2. The van der Waals surface area contributed by atoms with Crippen molar-refractivity contribution in [2.45, 2.75) is 12.8 Å². The van der Waals surface area contributed by atoms with E-state index in [1.54, 1.807) is 25.1 Å². The Hall–Kier alpha value is -2.20. The summed E-state index contributed by atoms with van der Waals surface area (Å²) in [6.07, 6.45) is 0. The molecule has 0 radical (unpaired) electrons. The van der Waals surface area contributed by atoms with Crippen LogP contribution < -0.4 is 10.5 Å². The fraction of sp³-hybridized carbons (Fsp3) is 0.176. The SMILES string of the molecule is COC(=O)c1c(C)sc2c1OC(N)=C(C#N)C2c1cccc(Cl)c1Cl. The highest BCUT2D eigenvalue weighted by Gasteiger charge is 2.38. The molecule has 1 atom stereocenters. The Morgan fingerprint density at radius 1 is 1.44 bits per heavy atom. The number of carbonyl (C=O) groups excluding carboxylic acids is 1. The van der Waals surface area contributed by atoms with Crippen LogP contribution in [0, 0.1) is 18.3 Å². The average Bonchev–Trinajstić information content (AvgIpc) is 2.91. The van der Waals surface area contributed by atoms with E-state index in [0.717, 1.165) is 0 Å². The molecule has 0 bridgehead atoms. The zero-order chi connectivity index (χ0) is 18.3. The summed E-state index contributed by atoms with van der Waals surface area (Å²) in [7, 11) is 1.29. The molecule has 2 N–H and O–H groups in total. The number of nitriles is 1. The van der Waals surface area contributed by atoms with Crippen molar-refractivity contribution in [1.82, 2.24) is 0 Å². The van der Waals surface area contributed by atoms with Gasteiger partial charge >= 0.3 is 5.97 Å². The van der Waals surface area contributed by atoms with Crippen molar-refractivity contribution >= 4 is 40.5 Å². The molecule has 5 nitrogen and oxygen atoms in total. The smallest absolute Gasteiger partial charge is 0.342 e. The molecule has 1 aliphatic rings. The summed E-state index contributed by atoms with van der Waals surface area (Å²) in [6.45, 7) is 1.78. The van der Waals surface area contributed by atoms with Gasteiger partial charge < -0.3 is 15.2 Å². The molecule has 1 aliphatic heterocycles. The molecule has 0 saturated carbocycles. The van der Waals surface area contributed by atoms with Crippen LogP contribution in [0.15, 0.2) is 29.7 Å². The minimum absolute atomic E-state index is 0.0704. The average molecular weight is 395 g/mol. The summed E-state index contributed by atoms with van der Waals surface area (Å²) in [5.41, 5.74) is 7.09. The molecular weight excluding hydrogens is 383 g/mol. The van der Waals surface area contributed by atoms with E-state index in [9.17, 15) is 10.1 Å². The van der Waals surface area contributed by atoms with Gasteiger partial charge in [0.25, 0.3) is 0 Å². The van der Waals surface area contributed by atoms with Crippen LogP contribution in [-0.2, 0) is 4.74 Å². The lowest BCUT2D eigenvalue weighted by Crippen LogP contribution is -2.21. The lowest BCUT2D eigenvalue weighted by Gasteiger charge is -2.25. The number of hydrogen-bond acceptors (Lipinski definition) is 6. The lowest BCUT2D eigenvalue weighted by molar-refractivity contribution is 0.0597. The third-order valence-electron chi connectivity index (χ3n) is 3.90. The van der Waals surface area contributed by atoms with Crippen LogP contribution in [0.3, 0.4) is 0 Å². The lowest BCUT2D eigenvalue weighted by atomic mass is 9.88. The number of halogens is 2. The second kappa shape index (κ2) is 6.60. The zero-order valence-electron chi connectivity index (χ0n) is 13.2. The van der Waals surface area contributed by atoms with Crippen molar-refractivity contribution in [3.63, 3.8) is 0 Å². The number of thiophene rings is 1. The van der Waals surface area contributed by atoms with Crippen LogP contribution in [0.2, 0.25) is 10.0 Å². The van der Waals surface area contributed by atoms with E-state index in [-0.39, 0.29) is 11.5 Å². The number of methoxy groups -OCH3 is 1. The standard InChI is InChI=1S/C17H12Cl2N2O3S/c1-7-11(17(22)23-2)14-15(25-7)12(9(6-20)16(21)24-14)8-4-3-5-10(18)13(8)19/h3-5,12H,21H2,1-2H3. The second-order valence-electron chi connectivity index (χ2n) is 5.29. The van der Waals surface area contributed by atoms with Crippen LogP contribution in [0.25, 0.3) is 0 Å². The first-order valence-corrected chi connectivity index (χ1v) is 8.71. The number of benzene rings is 1. The van der Waals surface area contributed by atoms with E-state index < -0.39 is 11.9 Å². The van der Waals surface area contributed by atoms with Crippen LogP contribution in [0.5, 0.6) is 5.75 Å². The molecule has 0 amide bonds. The minimum atomic E-state index is -0.568. The van der Waals surface area contributed by atoms with Gasteiger partial charge in [0.1, 0.15) is 17.2 Å². The molecule has 0 aliphatic carbocycles. The van der Waals surface area contributed by atoms with Gasteiger partial charge in [0.2, 0.25) is 5.88 Å². The molecule has 8 heteroatoms. The van der Waals surface area contributed by atoms with Crippen LogP contribution in [0.1, 0.15) is 31.6 Å². The van der Waals surface area contributed by atoms with Crippen molar-refractivity contribution in [3.8, 4) is 11.8 Å². The fourth-order valence-electron chi connectivity index (χ4n) is 2.77. The van der Waals surface area contributed by atoms with Crippen molar-refractivity contribution in [3.05, 3.63) is 60.6 Å². The number of carbonyl (C=O) groups is 1. The molecule has 3 rings (SSSR count). The molecule has 2 aromatic rings. The third-order valence-corrected chi connectivity index (χ3v) is 5.88. The Morgan fingerprint density at radius 3 is 2.80 bits per heavy atom. The number of rotatable bonds is 2. The van der Waals surface area contributed by atoms with Crippen molar-refractivity contribution in [1.29, 1.82) is 5.26 Å². The normalized spacial score (nSPS) is 16.0. The third kappa shape index (κ3) is 2.74. The molecular formula is C17H12Cl2N2O3S. The Labute approximate surface area is 158 Å². The molecule has 0 fully saturated rings. The highest BCUT2D eigenvalue weighted by atomic mass is 35.5. The number of aryl methyl sites for hydroxylation is 1. The van der Waals surface area contributed by atoms with Crippen LogP contribution in [0.4, 0.5) is 0 Å². The van der Waals surface area contributed by atoms with Gasteiger partial charge in [-0.15, -0.1) is 11.3 Å². The zero-order valence-corrected chi connectivity index (χ0v) is 15.6. The second-order valence-corrected chi connectivity index (χ2v) is 7.33. The topological polar surface area (TPSA) is 85.3 Å². The summed E-state index contributed by atoms with van der Waals surface area (Å²) in [5, 5.41) is 10.3. The summed E-state index contributed by atoms with van der Waals surface area (Å²) in [4.78, 5) is 13.5. The van der Waals surface area contributed by atoms with Crippen molar-refractivity contribution in [2.75, 3.05) is 7.11 Å². The minimum Gasteiger partial charge on any atom is -0.465 e. The molecule has 128 valence electrons. The largest absolute Gasteiger partial charge is 0.465 e. The van der Waals surface area contributed by atoms with E-state index in [2.05, 4.69) is 6.07 Å². The van der Waals surface area contributed by atoms with E-state index in [1.807, 2.05) is 0 Å². The number of allylic oxidation sites excluding steroid dienone is 1. The number of nitrogens with two attached hydrogens (primary N) is 1. The fourth-order valence-corrected chi connectivity index (χ4v) is 4.40. The Morgan fingerprint density at radius 2 is 2.16 bits per heavy atom. The van der Waals surface area contributed by atoms with E-state index in [0.29, 0.717) is 36.7 Å². The maximum atomic E-state index is 12.1. The Kier molecular flexibility index (Phi) is 4.65. The summed E-state index contributed by atoms with van der Waals surface area (Å²) in [5.74, 6) is -0.868. The monoisotopic (exact) mass is 394 g/mol. The van der Waals surface area contributed by atoms with E-state index in [1.165, 1.54) is 18.4 Å². The first-order valence-electron chi connectivity index (χ1n) is 7.13. The summed E-state index contributed by atoms with van der Waals surface area (Å²) in [6, 6.07) is 7.25. The highest BCUT2D eigenvalue weighted by Crippen LogP contribution is 2.51. The van der Waals surface area contributed by atoms with Crippen molar-refractivity contribution in [2.24, 2.45) is 5.73 Å². The Bertz CT molecular complexity index is 960. The predicted molar refractivity (Wildman–Crippen MR) is 96.2 cm³/mol. The molecule has 1 aromatic carbocycles. The highest BCUT2D eigenvalue weighted by molar-refractivity contribution is 7.12. The van der Waals surface area contributed by atoms with E-state index in [4.69, 9.17) is 38.4 Å². The maximum absolute atomic E-state index is 12.1. The molecule has 0 spiro atoms. The van der Waals surface area contributed by atoms with E-state index >= 15 is 0 Å². The molecule has 2 heterocycles. The predicted octanol–water partition coefficient (Wildman–Crippen LogP) is 4.37. The molecule has 1 unspecified atom stereocenters. The Balaban J connectivity index is 2.31. The van der Waals surface area contributed by atoms with Crippen molar-refractivity contribution < 1.29 is 14.3 Å². The van der Waals surface area contributed by atoms with Gasteiger partial charge in [-0.2, -0.15) is 5.26 Å². The maximum Gasteiger partial charge on any atom is 0.342 e. The number of nitrogens with zero attached hydrogens (tertiary/aromatic N) is 1. The van der Waals surface area contributed by atoms with Crippen LogP contribution in [-0.4, -0.2) is 13.1 Å². The quantitative estimate of drug-likeness (QED) is 0.764. The summed E-state index contributed by atoms with van der Waals surface area (Å²) >= 11 is 13.8. The molecule has 25 heavy (non-hydrogen) atoms. The molecule has 1 aromatic heterocycles. The number of esters is 1. The summed E-state index contributed by atoms with van der Waals surface area (Å²) < 4.78 is 10.4. The first-order chi connectivity index (χ1) is 11.9. The first kappa shape index (κ1) is 17.6. The van der Waals surface area contributed by atoms with Gasteiger partial charge in [0.15, 0.2) is 5.75 Å². The van der Waals surface area contributed by atoms with Gasteiger partial charge in [-0.1, -0.05) is 35.3 Å². The number of hydrogen-bond donors (Lipinski definition) is 1. The molecule has 0 saturated heterocycles. The van der Waals surface area contributed by atoms with Crippen LogP contribution >= 0.6 is 34.5 Å². The number of fused-ring (bicyclic) bond motifs is 1. The van der Waals surface area contributed by atoms with Gasteiger partial charge in [-0.3, -0.25) is 0 Å². The van der Waals surface area contributed by atoms with Gasteiger partial charge in [-0.05, 0) is 18.6 Å². The van der Waals surface area contributed by atoms with Gasteiger partial charge in [0, 0.05) is 4.88 Å². The van der Waals surface area contributed by atoms with Gasteiger partial charge in [0.05, 0.1) is 28.0 Å².